The van der Waals surface area contributed by atoms with Crippen molar-refractivity contribution < 1.29 is 4.74 Å². The van der Waals surface area contributed by atoms with Gasteiger partial charge in [0.05, 0.1) is 11.4 Å². The number of para-hydroxylation sites is 3. The summed E-state index contributed by atoms with van der Waals surface area (Å²) in [6.07, 6.45) is 0. The van der Waals surface area contributed by atoms with Gasteiger partial charge in [-0.2, -0.15) is 0 Å². The number of hydrogen-bond donors (Lipinski definition) is 0. The Bertz CT molecular complexity index is 2950. The second-order valence-corrected chi connectivity index (χ2v) is 15.7. The smallest absolute Gasteiger partial charge is 0.160 e. The highest BCUT2D eigenvalue weighted by Gasteiger charge is 2.36. The van der Waals surface area contributed by atoms with Gasteiger partial charge in [-0.15, -0.1) is 0 Å². The third-order valence-corrected chi connectivity index (χ3v) is 12.0. The summed E-state index contributed by atoms with van der Waals surface area (Å²) < 4.78 is 7.45. The molecule has 58 heavy (non-hydrogen) atoms. The standard InChI is InChI=1S/C55H40N2O/c1-55(2)48-26-13-12-23-44(48)47-36-43(33-34-49(47)55)57(42-31-28-38(29-32-42)37-16-6-3-7-17-37)51-35-30-39-18-14-24-45-46-25-15-27-50(53(46)58-54(51)52(39)45)56(40-19-8-4-9-20-40)41-21-10-5-11-22-41/h3-36H,1-2H3. The average molecular weight is 745 g/mol. The van der Waals surface area contributed by atoms with Crippen LogP contribution in [0, 0.1) is 0 Å². The lowest BCUT2D eigenvalue weighted by atomic mass is 9.82. The van der Waals surface area contributed by atoms with Crippen molar-refractivity contribution in [2.75, 3.05) is 9.80 Å². The zero-order valence-corrected chi connectivity index (χ0v) is 32.4. The molecule has 3 nitrogen and oxygen atoms in total. The number of anilines is 6. The number of rotatable bonds is 7. The summed E-state index contributed by atoms with van der Waals surface area (Å²) in [6, 6.07) is 74.1. The topological polar surface area (TPSA) is 15.7 Å². The molecule has 1 aliphatic heterocycles. The highest BCUT2D eigenvalue weighted by atomic mass is 16.5. The molecule has 1 heterocycles. The first-order valence-electron chi connectivity index (χ1n) is 20.0. The fraction of sp³-hybridized carbons (Fsp3) is 0.0545. The molecule has 2 aliphatic rings. The molecule has 0 aromatic heterocycles. The number of benzene rings is 9. The van der Waals surface area contributed by atoms with E-state index in [9.17, 15) is 0 Å². The molecule has 3 heteroatoms. The van der Waals surface area contributed by atoms with Crippen LogP contribution >= 0.6 is 0 Å². The van der Waals surface area contributed by atoms with Crippen molar-refractivity contribution in [3.05, 3.63) is 217 Å². The van der Waals surface area contributed by atoms with Crippen molar-refractivity contribution in [3.63, 3.8) is 0 Å². The molecule has 276 valence electrons. The maximum atomic E-state index is 7.45. The SMILES string of the molecule is CC1(C)c2ccccc2-c2cc(N(c3ccc(-c4ccccc4)cc3)c3ccc4cccc5c4c3Oc3c-5cccc3N(c3ccccc3)c3ccccc3)ccc21. The normalized spacial score (nSPS) is 12.9. The van der Waals surface area contributed by atoms with Gasteiger partial charge >= 0.3 is 0 Å². The predicted molar refractivity (Wildman–Crippen MR) is 242 cm³/mol. The van der Waals surface area contributed by atoms with E-state index in [4.69, 9.17) is 4.74 Å². The quantitative estimate of drug-likeness (QED) is 0.162. The molecule has 0 atom stereocenters. The van der Waals surface area contributed by atoms with Gasteiger partial charge in [-0.1, -0.05) is 159 Å². The van der Waals surface area contributed by atoms with E-state index >= 15 is 0 Å². The number of ether oxygens (including phenoxy) is 1. The van der Waals surface area contributed by atoms with E-state index in [0.29, 0.717) is 0 Å². The van der Waals surface area contributed by atoms with E-state index in [0.717, 1.165) is 67.5 Å². The van der Waals surface area contributed by atoms with E-state index in [2.05, 4.69) is 230 Å². The molecule has 0 bridgehead atoms. The van der Waals surface area contributed by atoms with Crippen LogP contribution in [0.5, 0.6) is 11.5 Å². The lowest BCUT2D eigenvalue weighted by molar-refractivity contribution is 0.489. The van der Waals surface area contributed by atoms with Gasteiger partial charge in [-0.25, -0.2) is 0 Å². The Balaban J connectivity index is 1.14. The summed E-state index contributed by atoms with van der Waals surface area (Å²) >= 11 is 0. The molecule has 0 fully saturated rings. The molecule has 0 spiro atoms. The van der Waals surface area contributed by atoms with Gasteiger partial charge in [0.2, 0.25) is 0 Å². The highest BCUT2D eigenvalue weighted by molar-refractivity contribution is 6.09. The van der Waals surface area contributed by atoms with E-state index in [1.54, 1.807) is 0 Å². The van der Waals surface area contributed by atoms with Crippen LogP contribution in [-0.4, -0.2) is 0 Å². The van der Waals surface area contributed by atoms with Crippen molar-refractivity contribution >= 4 is 44.9 Å². The number of fused-ring (bicyclic) bond motifs is 5. The number of hydrogen-bond acceptors (Lipinski definition) is 3. The van der Waals surface area contributed by atoms with Gasteiger partial charge in [0, 0.05) is 39.1 Å². The van der Waals surface area contributed by atoms with Gasteiger partial charge in [0.25, 0.3) is 0 Å². The van der Waals surface area contributed by atoms with Gasteiger partial charge < -0.3 is 14.5 Å². The van der Waals surface area contributed by atoms with Gasteiger partial charge in [-0.05, 0) is 105 Å². The number of nitrogens with zero attached hydrogens (tertiary/aromatic N) is 2. The zero-order chi connectivity index (χ0) is 38.8. The molecule has 0 N–H and O–H groups in total. The van der Waals surface area contributed by atoms with Crippen LogP contribution < -0.4 is 14.5 Å². The molecular weight excluding hydrogens is 705 g/mol. The lowest BCUT2D eigenvalue weighted by Crippen LogP contribution is -2.16. The Morgan fingerprint density at radius 1 is 0.362 bits per heavy atom. The van der Waals surface area contributed by atoms with Crippen LogP contribution in [0.2, 0.25) is 0 Å². The summed E-state index contributed by atoms with van der Waals surface area (Å²) in [6.45, 7) is 4.67. The van der Waals surface area contributed by atoms with Gasteiger partial charge in [0.1, 0.15) is 0 Å². The first-order chi connectivity index (χ1) is 28.5. The highest BCUT2D eigenvalue weighted by Crippen LogP contribution is 2.57. The first kappa shape index (κ1) is 33.9. The molecule has 0 amide bonds. The monoisotopic (exact) mass is 744 g/mol. The third kappa shape index (κ3) is 5.35. The molecule has 9 aromatic carbocycles. The average Bonchev–Trinajstić information content (AvgIpc) is 3.51. The molecule has 0 saturated heterocycles. The first-order valence-corrected chi connectivity index (χ1v) is 20.0. The van der Waals surface area contributed by atoms with Crippen molar-refractivity contribution in [1.82, 2.24) is 0 Å². The van der Waals surface area contributed by atoms with Crippen LogP contribution in [0.15, 0.2) is 206 Å². The third-order valence-electron chi connectivity index (χ3n) is 12.0. The van der Waals surface area contributed by atoms with E-state index in [1.807, 2.05) is 0 Å². The maximum Gasteiger partial charge on any atom is 0.160 e. The zero-order valence-electron chi connectivity index (χ0n) is 32.4. The summed E-state index contributed by atoms with van der Waals surface area (Å²) in [5.74, 6) is 1.66. The van der Waals surface area contributed by atoms with Crippen LogP contribution in [0.25, 0.3) is 44.2 Å². The molecule has 9 aromatic rings. The predicted octanol–water partition coefficient (Wildman–Crippen LogP) is 15.5. The summed E-state index contributed by atoms with van der Waals surface area (Å²) in [5, 5.41) is 2.24. The van der Waals surface area contributed by atoms with Gasteiger partial charge in [-0.3, -0.25) is 0 Å². The Hall–Kier alpha value is -7.36. The van der Waals surface area contributed by atoms with Crippen LogP contribution in [-0.2, 0) is 5.41 Å². The second kappa shape index (κ2) is 13.4. The van der Waals surface area contributed by atoms with Crippen molar-refractivity contribution in [1.29, 1.82) is 0 Å². The fourth-order valence-corrected chi connectivity index (χ4v) is 9.25. The lowest BCUT2D eigenvalue weighted by Gasteiger charge is -2.33. The summed E-state index contributed by atoms with van der Waals surface area (Å²) in [5.41, 5.74) is 16.0. The Labute approximate surface area is 339 Å². The molecule has 0 radical (unpaired) electrons. The maximum absolute atomic E-state index is 7.45. The molecular formula is C55H40N2O. The Kier molecular flexibility index (Phi) is 7.84. The fourth-order valence-electron chi connectivity index (χ4n) is 9.25. The van der Waals surface area contributed by atoms with Crippen LogP contribution in [0.1, 0.15) is 25.0 Å². The van der Waals surface area contributed by atoms with Crippen molar-refractivity contribution in [3.8, 4) is 44.9 Å². The van der Waals surface area contributed by atoms with Gasteiger partial charge in [0.15, 0.2) is 11.5 Å². The largest absolute Gasteiger partial charge is 0.452 e. The summed E-state index contributed by atoms with van der Waals surface area (Å²) in [7, 11) is 0. The van der Waals surface area contributed by atoms with E-state index < -0.39 is 0 Å². The van der Waals surface area contributed by atoms with Crippen molar-refractivity contribution in [2.24, 2.45) is 0 Å². The van der Waals surface area contributed by atoms with Crippen LogP contribution in [0.3, 0.4) is 0 Å². The second-order valence-electron chi connectivity index (χ2n) is 15.7. The van der Waals surface area contributed by atoms with E-state index in [1.165, 1.54) is 33.4 Å². The Morgan fingerprint density at radius 3 is 1.64 bits per heavy atom. The molecule has 11 rings (SSSR count). The van der Waals surface area contributed by atoms with Crippen LogP contribution in [0.4, 0.5) is 34.1 Å². The Morgan fingerprint density at radius 2 is 0.897 bits per heavy atom. The van der Waals surface area contributed by atoms with E-state index in [-0.39, 0.29) is 5.41 Å². The molecule has 0 saturated carbocycles. The summed E-state index contributed by atoms with van der Waals surface area (Å²) in [4.78, 5) is 4.68. The molecule has 0 unspecified atom stereocenters. The minimum absolute atomic E-state index is 0.0942. The minimum atomic E-state index is -0.0942. The van der Waals surface area contributed by atoms with Crippen molar-refractivity contribution in [2.45, 2.75) is 19.3 Å². The molecule has 1 aliphatic carbocycles. The minimum Gasteiger partial charge on any atom is -0.452 e.